The minimum Gasteiger partial charge on any atom is -0.491 e. The Morgan fingerprint density at radius 2 is 2.05 bits per heavy atom. The molecule has 1 unspecified atom stereocenters. The molecule has 0 aliphatic carbocycles. The maximum absolute atomic E-state index is 11.7. The van der Waals surface area contributed by atoms with E-state index in [2.05, 4.69) is 10.6 Å². The van der Waals surface area contributed by atoms with Gasteiger partial charge < -0.3 is 20.1 Å². The van der Waals surface area contributed by atoms with E-state index in [1.54, 1.807) is 7.11 Å². The van der Waals surface area contributed by atoms with Crippen LogP contribution < -0.4 is 15.4 Å². The molecule has 0 saturated carbocycles. The average molecular weight is 280 g/mol. The van der Waals surface area contributed by atoms with Crippen molar-refractivity contribution in [2.45, 2.75) is 32.9 Å². The lowest BCUT2D eigenvalue weighted by atomic mass is 10.1. The number of ether oxygens (including phenoxy) is 2. The monoisotopic (exact) mass is 280 g/mol. The van der Waals surface area contributed by atoms with Crippen LogP contribution in [0.1, 0.15) is 32.4 Å². The third-order valence-corrected chi connectivity index (χ3v) is 2.67. The van der Waals surface area contributed by atoms with Gasteiger partial charge in [0.15, 0.2) is 0 Å². The fourth-order valence-corrected chi connectivity index (χ4v) is 1.73. The summed E-state index contributed by atoms with van der Waals surface area (Å²) in [6.45, 7) is 6.89. The first kappa shape index (κ1) is 16.3. The number of hydrogen-bond acceptors (Lipinski definition) is 3. The number of nitrogens with one attached hydrogen (secondary N) is 2. The van der Waals surface area contributed by atoms with Crippen LogP contribution in [0.5, 0.6) is 5.75 Å². The number of hydrogen-bond donors (Lipinski definition) is 2. The molecule has 2 amide bonds. The second kappa shape index (κ2) is 8.43. The average Bonchev–Trinajstić information content (AvgIpc) is 2.38. The van der Waals surface area contributed by atoms with Gasteiger partial charge in [0.2, 0.25) is 0 Å². The fraction of sp³-hybridized carbons (Fsp3) is 0.533. The van der Waals surface area contributed by atoms with Crippen LogP contribution >= 0.6 is 0 Å². The Morgan fingerprint density at radius 3 is 2.70 bits per heavy atom. The summed E-state index contributed by atoms with van der Waals surface area (Å²) >= 11 is 0. The normalized spacial score (nSPS) is 12.1. The van der Waals surface area contributed by atoms with E-state index in [0.29, 0.717) is 13.2 Å². The molecule has 0 bridgehead atoms. The number of carbonyl (C=O) groups is 1. The first-order chi connectivity index (χ1) is 9.52. The Labute approximate surface area is 120 Å². The standard InChI is InChI=1S/C15H24N2O3/c1-11(2)20-14-7-5-6-13(10-14)12(3)17-15(18)16-8-9-19-4/h5-7,10-12H,8-9H2,1-4H3,(H2,16,17,18). The number of benzene rings is 1. The molecular formula is C15H24N2O3. The zero-order valence-electron chi connectivity index (χ0n) is 12.6. The summed E-state index contributed by atoms with van der Waals surface area (Å²) in [5.74, 6) is 0.811. The lowest BCUT2D eigenvalue weighted by Gasteiger charge is -2.17. The van der Waals surface area contributed by atoms with Gasteiger partial charge in [0.25, 0.3) is 0 Å². The summed E-state index contributed by atoms with van der Waals surface area (Å²) in [4.78, 5) is 11.7. The molecule has 0 fully saturated rings. The van der Waals surface area contributed by atoms with E-state index in [9.17, 15) is 4.79 Å². The second-order valence-electron chi connectivity index (χ2n) is 4.85. The molecule has 1 atom stereocenters. The molecule has 0 spiro atoms. The van der Waals surface area contributed by atoms with E-state index >= 15 is 0 Å². The van der Waals surface area contributed by atoms with Crippen molar-refractivity contribution in [2.24, 2.45) is 0 Å². The van der Waals surface area contributed by atoms with Gasteiger partial charge in [-0.25, -0.2) is 4.79 Å². The number of rotatable bonds is 7. The summed E-state index contributed by atoms with van der Waals surface area (Å²) in [6, 6.07) is 7.45. The summed E-state index contributed by atoms with van der Waals surface area (Å²) in [6.07, 6.45) is 0.130. The van der Waals surface area contributed by atoms with Gasteiger partial charge in [0.05, 0.1) is 18.8 Å². The highest BCUT2D eigenvalue weighted by Crippen LogP contribution is 2.19. The van der Waals surface area contributed by atoms with Crippen LogP contribution in [0.3, 0.4) is 0 Å². The number of urea groups is 1. The predicted molar refractivity (Wildman–Crippen MR) is 79.0 cm³/mol. The summed E-state index contributed by atoms with van der Waals surface area (Å²) in [5, 5.41) is 5.60. The van der Waals surface area contributed by atoms with Crippen molar-refractivity contribution in [1.82, 2.24) is 10.6 Å². The Bertz CT molecular complexity index is 421. The summed E-state index contributed by atoms with van der Waals surface area (Å²) in [5.41, 5.74) is 1.00. The van der Waals surface area contributed by atoms with Crippen LogP contribution in [0.15, 0.2) is 24.3 Å². The molecule has 0 aliphatic rings. The van der Waals surface area contributed by atoms with Gasteiger partial charge in [-0.15, -0.1) is 0 Å². The Hall–Kier alpha value is -1.75. The molecule has 0 radical (unpaired) electrons. The lowest BCUT2D eigenvalue weighted by molar-refractivity contribution is 0.195. The highest BCUT2D eigenvalue weighted by molar-refractivity contribution is 5.74. The minimum absolute atomic E-state index is 0.0896. The van der Waals surface area contributed by atoms with E-state index in [-0.39, 0.29) is 18.2 Å². The van der Waals surface area contributed by atoms with Gasteiger partial charge in [-0.3, -0.25) is 0 Å². The molecule has 5 heteroatoms. The number of carbonyl (C=O) groups excluding carboxylic acids is 1. The summed E-state index contributed by atoms with van der Waals surface area (Å²) in [7, 11) is 1.60. The topological polar surface area (TPSA) is 59.6 Å². The zero-order valence-corrected chi connectivity index (χ0v) is 12.6. The van der Waals surface area contributed by atoms with E-state index in [1.807, 2.05) is 45.0 Å². The van der Waals surface area contributed by atoms with E-state index in [0.717, 1.165) is 11.3 Å². The van der Waals surface area contributed by atoms with Crippen LogP contribution in [-0.2, 0) is 4.74 Å². The predicted octanol–water partition coefficient (Wildman–Crippen LogP) is 2.48. The number of methoxy groups -OCH3 is 1. The molecule has 5 nitrogen and oxygen atoms in total. The van der Waals surface area contributed by atoms with Crippen molar-refractivity contribution in [1.29, 1.82) is 0 Å². The molecule has 2 N–H and O–H groups in total. The molecule has 0 aliphatic heterocycles. The van der Waals surface area contributed by atoms with Crippen molar-refractivity contribution < 1.29 is 14.3 Å². The first-order valence-electron chi connectivity index (χ1n) is 6.83. The Balaban J connectivity index is 2.54. The lowest BCUT2D eigenvalue weighted by Crippen LogP contribution is -2.38. The van der Waals surface area contributed by atoms with Crippen molar-refractivity contribution in [3.8, 4) is 5.75 Å². The Morgan fingerprint density at radius 1 is 1.30 bits per heavy atom. The number of amides is 2. The Kier molecular flexibility index (Phi) is 6.87. The van der Waals surface area contributed by atoms with Crippen molar-refractivity contribution in [2.75, 3.05) is 20.3 Å². The van der Waals surface area contributed by atoms with Gasteiger partial charge in [-0.2, -0.15) is 0 Å². The second-order valence-corrected chi connectivity index (χ2v) is 4.85. The van der Waals surface area contributed by atoms with Gasteiger partial charge >= 0.3 is 6.03 Å². The van der Waals surface area contributed by atoms with Crippen molar-refractivity contribution in [3.05, 3.63) is 29.8 Å². The van der Waals surface area contributed by atoms with E-state index in [4.69, 9.17) is 9.47 Å². The molecule has 0 saturated heterocycles. The highest BCUT2D eigenvalue weighted by Gasteiger charge is 2.10. The SMILES string of the molecule is COCCNC(=O)NC(C)c1cccc(OC(C)C)c1. The zero-order chi connectivity index (χ0) is 15.0. The largest absolute Gasteiger partial charge is 0.491 e. The molecule has 1 rings (SSSR count). The van der Waals surface area contributed by atoms with Crippen LogP contribution in [-0.4, -0.2) is 32.4 Å². The van der Waals surface area contributed by atoms with Gasteiger partial charge in [-0.1, -0.05) is 12.1 Å². The third kappa shape index (κ3) is 5.93. The van der Waals surface area contributed by atoms with Gasteiger partial charge in [-0.05, 0) is 38.5 Å². The molecule has 0 heterocycles. The molecule has 112 valence electrons. The summed E-state index contributed by atoms with van der Waals surface area (Å²) < 4.78 is 10.5. The molecular weight excluding hydrogens is 256 g/mol. The fourth-order valence-electron chi connectivity index (χ4n) is 1.73. The quantitative estimate of drug-likeness (QED) is 0.754. The first-order valence-corrected chi connectivity index (χ1v) is 6.83. The van der Waals surface area contributed by atoms with Gasteiger partial charge in [0.1, 0.15) is 5.75 Å². The third-order valence-electron chi connectivity index (χ3n) is 2.67. The van der Waals surface area contributed by atoms with Crippen LogP contribution in [0, 0.1) is 0 Å². The molecule has 1 aromatic rings. The van der Waals surface area contributed by atoms with E-state index in [1.165, 1.54) is 0 Å². The smallest absolute Gasteiger partial charge is 0.315 e. The highest BCUT2D eigenvalue weighted by atomic mass is 16.5. The van der Waals surface area contributed by atoms with Gasteiger partial charge in [0, 0.05) is 13.7 Å². The maximum Gasteiger partial charge on any atom is 0.315 e. The molecule has 20 heavy (non-hydrogen) atoms. The van der Waals surface area contributed by atoms with Crippen LogP contribution in [0.4, 0.5) is 4.79 Å². The maximum atomic E-state index is 11.7. The molecule has 0 aromatic heterocycles. The molecule has 1 aromatic carbocycles. The van der Waals surface area contributed by atoms with Crippen molar-refractivity contribution >= 4 is 6.03 Å². The minimum atomic E-state index is -0.204. The van der Waals surface area contributed by atoms with Crippen LogP contribution in [0.2, 0.25) is 0 Å². The van der Waals surface area contributed by atoms with E-state index < -0.39 is 0 Å². The van der Waals surface area contributed by atoms with Crippen molar-refractivity contribution in [3.63, 3.8) is 0 Å². The van der Waals surface area contributed by atoms with Crippen LogP contribution in [0.25, 0.3) is 0 Å².